The first-order chi connectivity index (χ1) is 5.59. The molecule has 0 aliphatic heterocycles. The molecule has 70 valence electrons. The Hall–Kier alpha value is -0.610. The molecule has 12 heavy (non-hydrogen) atoms. The standard InChI is InChI=1S/C8H16N2O2/c1-10(2)5-7(8(11)12)9-6-3-4-6/h6-7,9H,3-5H2,1-2H3,(H,11,12). The van der Waals surface area contributed by atoms with Crippen molar-refractivity contribution in [1.29, 1.82) is 0 Å². The number of nitrogens with zero attached hydrogens (tertiary/aromatic N) is 1. The van der Waals surface area contributed by atoms with Gasteiger partial charge in [-0.2, -0.15) is 0 Å². The number of aliphatic carboxylic acids is 1. The van der Waals surface area contributed by atoms with E-state index in [9.17, 15) is 4.79 Å². The minimum Gasteiger partial charge on any atom is -0.480 e. The van der Waals surface area contributed by atoms with Crippen LogP contribution in [0.1, 0.15) is 12.8 Å². The van der Waals surface area contributed by atoms with Crippen molar-refractivity contribution >= 4 is 5.97 Å². The zero-order chi connectivity index (χ0) is 9.14. The third kappa shape index (κ3) is 3.19. The van der Waals surface area contributed by atoms with E-state index in [1.54, 1.807) is 0 Å². The van der Waals surface area contributed by atoms with E-state index in [0.29, 0.717) is 12.6 Å². The van der Waals surface area contributed by atoms with Crippen molar-refractivity contribution in [2.75, 3.05) is 20.6 Å². The van der Waals surface area contributed by atoms with Gasteiger partial charge in [0, 0.05) is 12.6 Å². The second-order valence-corrected chi connectivity index (χ2v) is 3.59. The summed E-state index contributed by atoms with van der Waals surface area (Å²) < 4.78 is 0. The van der Waals surface area contributed by atoms with E-state index in [2.05, 4.69) is 5.32 Å². The summed E-state index contributed by atoms with van der Waals surface area (Å²) >= 11 is 0. The van der Waals surface area contributed by atoms with Crippen LogP contribution >= 0.6 is 0 Å². The molecule has 0 heterocycles. The molecular weight excluding hydrogens is 156 g/mol. The van der Waals surface area contributed by atoms with Gasteiger partial charge in [0.25, 0.3) is 0 Å². The van der Waals surface area contributed by atoms with E-state index in [-0.39, 0.29) is 0 Å². The van der Waals surface area contributed by atoms with Gasteiger partial charge in [-0.15, -0.1) is 0 Å². The first-order valence-electron chi connectivity index (χ1n) is 4.23. The van der Waals surface area contributed by atoms with E-state index in [0.717, 1.165) is 12.8 Å². The lowest BCUT2D eigenvalue weighted by molar-refractivity contribution is -0.139. The van der Waals surface area contributed by atoms with Crippen LogP contribution in [0.3, 0.4) is 0 Å². The molecule has 2 N–H and O–H groups in total. The minimum absolute atomic E-state index is 0.410. The maximum atomic E-state index is 10.7. The molecule has 0 spiro atoms. The Morgan fingerprint density at radius 2 is 2.25 bits per heavy atom. The predicted molar refractivity (Wildman–Crippen MR) is 46.1 cm³/mol. The SMILES string of the molecule is CN(C)CC(NC1CC1)C(=O)O. The fourth-order valence-electron chi connectivity index (χ4n) is 1.10. The fraction of sp³-hybridized carbons (Fsp3) is 0.875. The zero-order valence-corrected chi connectivity index (χ0v) is 7.58. The van der Waals surface area contributed by atoms with Gasteiger partial charge in [0.2, 0.25) is 0 Å². The monoisotopic (exact) mass is 172 g/mol. The van der Waals surface area contributed by atoms with E-state index < -0.39 is 12.0 Å². The van der Waals surface area contributed by atoms with Crippen LogP contribution in [-0.4, -0.2) is 48.7 Å². The van der Waals surface area contributed by atoms with Gasteiger partial charge in [-0.1, -0.05) is 0 Å². The van der Waals surface area contributed by atoms with Crippen LogP contribution in [0.15, 0.2) is 0 Å². The van der Waals surface area contributed by atoms with Crippen LogP contribution in [0.2, 0.25) is 0 Å². The van der Waals surface area contributed by atoms with E-state index >= 15 is 0 Å². The summed E-state index contributed by atoms with van der Waals surface area (Å²) in [7, 11) is 3.76. The highest BCUT2D eigenvalue weighted by Crippen LogP contribution is 2.19. The van der Waals surface area contributed by atoms with Crippen LogP contribution < -0.4 is 5.32 Å². The molecule has 0 aromatic heterocycles. The molecule has 0 bridgehead atoms. The summed E-state index contributed by atoms with van der Waals surface area (Å²) in [5.41, 5.74) is 0. The fourth-order valence-corrected chi connectivity index (χ4v) is 1.10. The van der Waals surface area contributed by atoms with Crippen LogP contribution in [0.4, 0.5) is 0 Å². The topological polar surface area (TPSA) is 52.6 Å². The van der Waals surface area contributed by atoms with Crippen LogP contribution in [0, 0.1) is 0 Å². The Bertz CT molecular complexity index is 162. The molecule has 1 aliphatic carbocycles. The quantitative estimate of drug-likeness (QED) is 0.600. The van der Waals surface area contributed by atoms with Crippen LogP contribution in [0.25, 0.3) is 0 Å². The average molecular weight is 172 g/mol. The third-order valence-corrected chi connectivity index (χ3v) is 1.86. The average Bonchev–Trinajstić information content (AvgIpc) is 2.68. The van der Waals surface area contributed by atoms with E-state index in [4.69, 9.17) is 5.11 Å². The Morgan fingerprint density at radius 1 is 1.67 bits per heavy atom. The van der Waals surface area contributed by atoms with Crippen LogP contribution in [-0.2, 0) is 4.79 Å². The zero-order valence-electron chi connectivity index (χ0n) is 7.58. The van der Waals surface area contributed by atoms with Crippen LogP contribution in [0.5, 0.6) is 0 Å². The molecule has 4 heteroatoms. The Labute approximate surface area is 72.6 Å². The molecule has 1 aliphatic rings. The molecule has 1 atom stereocenters. The highest BCUT2D eigenvalue weighted by atomic mass is 16.4. The maximum Gasteiger partial charge on any atom is 0.322 e. The molecule has 1 fully saturated rings. The number of hydrogen-bond acceptors (Lipinski definition) is 3. The molecule has 0 saturated heterocycles. The number of hydrogen-bond donors (Lipinski definition) is 2. The van der Waals surface area contributed by atoms with Crippen molar-refractivity contribution in [2.45, 2.75) is 24.9 Å². The van der Waals surface area contributed by atoms with Gasteiger partial charge in [0.05, 0.1) is 0 Å². The summed E-state index contributed by atoms with van der Waals surface area (Å²) in [4.78, 5) is 12.6. The third-order valence-electron chi connectivity index (χ3n) is 1.86. The first-order valence-corrected chi connectivity index (χ1v) is 4.23. The minimum atomic E-state index is -0.754. The molecule has 0 amide bonds. The van der Waals surface area contributed by atoms with Gasteiger partial charge in [0.1, 0.15) is 6.04 Å². The number of rotatable bonds is 5. The van der Waals surface area contributed by atoms with Crippen molar-refractivity contribution in [3.8, 4) is 0 Å². The Kier molecular flexibility index (Phi) is 3.05. The summed E-state index contributed by atoms with van der Waals surface area (Å²) in [6.07, 6.45) is 2.24. The number of carboxylic acids is 1. The summed E-state index contributed by atoms with van der Waals surface area (Å²) in [5.74, 6) is -0.754. The van der Waals surface area contributed by atoms with Gasteiger partial charge in [-0.25, -0.2) is 0 Å². The van der Waals surface area contributed by atoms with Gasteiger partial charge < -0.3 is 15.3 Å². The lowest BCUT2D eigenvalue weighted by Gasteiger charge is -2.18. The van der Waals surface area contributed by atoms with Gasteiger partial charge >= 0.3 is 5.97 Å². The number of likely N-dealkylation sites (N-methyl/N-ethyl adjacent to an activating group) is 1. The second-order valence-electron chi connectivity index (χ2n) is 3.59. The molecule has 4 nitrogen and oxygen atoms in total. The summed E-state index contributed by atoms with van der Waals surface area (Å²) in [5, 5.41) is 11.9. The molecule has 0 aromatic rings. The smallest absolute Gasteiger partial charge is 0.322 e. The van der Waals surface area contributed by atoms with Crippen molar-refractivity contribution < 1.29 is 9.90 Å². The van der Waals surface area contributed by atoms with E-state index in [1.807, 2.05) is 19.0 Å². The van der Waals surface area contributed by atoms with Crippen molar-refractivity contribution in [3.05, 3.63) is 0 Å². The summed E-state index contributed by atoms with van der Waals surface area (Å²) in [6.45, 7) is 0.561. The molecule has 1 saturated carbocycles. The number of carbonyl (C=O) groups is 1. The van der Waals surface area contributed by atoms with Crippen molar-refractivity contribution in [1.82, 2.24) is 10.2 Å². The molecular formula is C8H16N2O2. The molecule has 1 unspecified atom stereocenters. The highest BCUT2D eigenvalue weighted by molar-refractivity contribution is 5.73. The van der Waals surface area contributed by atoms with Gasteiger partial charge in [-0.3, -0.25) is 4.79 Å². The largest absolute Gasteiger partial charge is 0.480 e. The van der Waals surface area contributed by atoms with Gasteiger partial charge in [0.15, 0.2) is 0 Å². The predicted octanol–water partition coefficient (Wildman–Crippen LogP) is -0.247. The molecule has 1 rings (SSSR count). The number of nitrogens with one attached hydrogen (secondary N) is 1. The van der Waals surface area contributed by atoms with Crippen molar-refractivity contribution in [3.63, 3.8) is 0 Å². The maximum absolute atomic E-state index is 10.7. The lowest BCUT2D eigenvalue weighted by atomic mass is 10.3. The molecule has 0 radical (unpaired) electrons. The second kappa shape index (κ2) is 3.87. The van der Waals surface area contributed by atoms with Crippen molar-refractivity contribution in [2.24, 2.45) is 0 Å². The first kappa shape index (κ1) is 9.48. The molecule has 0 aromatic carbocycles. The van der Waals surface area contributed by atoms with E-state index in [1.165, 1.54) is 0 Å². The lowest BCUT2D eigenvalue weighted by Crippen LogP contribution is -2.45. The normalized spacial score (nSPS) is 19.6. The Balaban J connectivity index is 2.31. The Morgan fingerprint density at radius 3 is 2.58 bits per heavy atom. The van der Waals surface area contributed by atoms with Gasteiger partial charge in [-0.05, 0) is 26.9 Å². The number of carboxylic acid groups (broad SMARTS) is 1. The highest BCUT2D eigenvalue weighted by Gasteiger charge is 2.28. The summed E-state index contributed by atoms with van der Waals surface area (Å²) in [6, 6.07) is 0.0403.